The standard InChI is InChI=1S/C24H21ClN4O5S/c1-32-18-7-8-20(28-22(18)34-3)29-23(31)15-11-19(33-2)16(10-17(15)27-24(29)35)21(30)26-12-13-5-4-6-14(25)9-13/h4-11H,12H2,1-3H3,(H,26,30)(H,27,35). The Kier molecular flexibility index (Phi) is 7.04. The molecule has 2 aromatic heterocycles. The van der Waals surface area contributed by atoms with Crippen LogP contribution in [0.5, 0.6) is 17.4 Å². The molecule has 9 nitrogen and oxygen atoms in total. The van der Waals surface area contributed by atoms with E-state index in [1.54, 1.807) is 30.3 Å². The van der Waals surface area contributed by atoms with Gasteiger partial charge in [0.05, 0.1) is 37.8 Å². The molecular formula is C24H21ClN4O5S. The van der Waals surface area contributed by atoms with Crippen molar-refractivity contribution in [2.45, 2.75) is 6.54 Å². The number of amides is 1. The molecule has 180 valence electrons. The first-order valence-corrected chi connectivity index (χ1v) is 11.1. The zero-order chi connectivity index (χ0) is 25.1. The average Bonchev–Trinajstić information content (AvgIpc) is 2.86. The molecule has 0 aliphatic rings. The Bertz CT molecular complexity index is 1550. The molecule has 11 heteroatoms. The number of pyridine rings is 1. The van der Waals surface area contributed by atoms with Crippen LogP contribution in [-0.2, 0) is 6.54 Å². The van der Waals surface area contributed by atoms with Gasteiger partial charge in [-0.2, -0.15) is 4.98 Å². The van der Waals surface area contributed by atoms with Crippen LogP contribution in [0.25, 0.3) is 16.7 Å². The molecule has 0 radical (unpaired) electrons. The minimum atomic E-state index is -0.437. The highest BCUT2D eigenvalue weighted by Crippen LogP contribution is 2.27. The van der Waals surface area contributed by atoms with Crippen LogP contribution in [0.4, 0.5) is 0 Å². The number of rotatable bonds is 7. The number of carbonyl (C=O) groups excluding carboxylic acids is 1. The predicted octanol–water partition coefficient (Wildman–Crippen LogP) is 4.05. The fourth-order valence-corrected chi connectivity index (χ4v) is 4.07. The highest BCUT2D eigenvalue weighted by atomic mass is 35.5. The Morgan fingerprint density at radius 1 is 1.09 bits per heavy atom. The van der Waals surface area contributed by atoms with Crippen molar-refractivity contribution in [3.63, 3.8) is 0 Å². The Hall–Kier alpha value is -3.89. The molecule has 35 heavy (non-hydrogen) atoms. The summed E-state index contributed by atoms with van der Waals surface area (Å²) in [5.41, 5.74) is 1.03. The maximum Gasteiger partial charge on any atom is 0.268 e. The Balaban J connectivity index is 1.76. The number of nitrogens with zero attached hydrogens (tertiary/aromatic N) is 2. The van der Waals surface area contributed by atoms with Crippen molar-refractivity contribution >= 4 is 40.6 Å². The van der Waals surface area contributed by atoms with Crippen LogP contribution in [0, 0.1) is 4.77 Å². The van der Waals surface area contributed by atoms with Crippen molar-refractivity contribution in [1.82, 2.24) is 19.9 Å². The maximum absolute atomic E-state index is 13.4. The van der Waals surface area contributed by atoms with E-state index in [-0.39, 0.29) is 45.6 Å². The number of benzene rings is 2. The normalized spacial score (nSPS) is 10.7. The molecule has 0 spiro atoms. The van der Waals surface area contributed by atoms with E-state index in [1.807, 2.05) is 6.07 Å². The monoisotopic (exact) mass is 512 g/mol. The van der Waals surface area contributed by atoms with Crippen LogP contribution < -0.4 is 25.1 Å². The van der Waals surface area contributed by atoms with Gasteiger partial charge in [-0.3, -0.25) is 9.59 Å². The zero-order valence-corrected chi connectivity index (χ0v) is 20.6. The number of hydrogen-bond acceptors (Lipinski definition) is 7. The van der Waals surface area contributed by atoms with E-state index in [9.17, 15) is 9.59 Å². The molecule has 2 N–H and O–H groups in total. The lowest BCUT2D eigenvalue weighted by Crippen LogP contribution is -2.25. The molecule has 2 aromatic carbocycles. The fraction of sp³-hybridized carbons (Fsp3) is 0.167. The molecule has 0 unspecified atom stereocenters. The molecule has 0 saturated heterocycles. The smallest absolute Gasteiger partial charge is 0.268 e. The maximum atomic E-state index is 13.4. The van der Waals surface area contributed by atoms with Crippen molar-refractivity contribution < 1.29 is 19.0 Å². The molecule has 0 saturated carbocycles. The predicted molar refractivity (Wildman–Crippen MR) is 135 cm³/mol. The number of carbonyl (C=O) groups is 1. The molecule has 0 aliphatic heterocycles. The fourth-order valence-electron chi connectivity index (χ4n) is 3.57. The van der Waals surface area contributed by atoms with Crippen molar-refractivity contribution in [3.8, 4) is 23.2 Å². The van der Waals surface area contributed by atoms with Gasteiger partial charge in [0.1, 0.15) is 11.6 Å². The Morgan fingerprint density at radius 3 is 2.54 bits per heavy atom. The number of nitrogens with one attached hydrogen (secondary N) is 2. The quantitative estimate of drug-likeness (QED) is 0.360. The van der Waals surface area contributed by atoms with Gasteiger partial charge in [0.15, 0.2) is 10.5 Å². The topological polar surface area (TPSA) is 107 Å². The summed E-state index contributed by atoms with van der Waals surface area (Å²) in [6.45, 7) is 0.267. The van der Waals surface area contributed by atoms with Gasteiger partial charge in [0, 0.05) is 11.6 Å². The summed E-state index contributed by atoms with van der Waals surface area (Å²) in [5, 5.41) is 3.67. The summed E-state index contributed by atoms with van der Waals surface area (Å²) >= 11 is 11.5. The lowest BCUT2D eigenvalue weighted by Gasteiger charge is -2.13. The highest BCUT2D eigenvalue weighted by molar-refractivity contribution is 7.71. The lowest BCUT2D eigenvalue weighted by molar-refractivity contribution is 0.0948. The first-order valence-electron chi connectivity index (χ1n) is 10.4. The third-order valence-corrected chi connectivity index (χ3v) is 5.78. The van der Waals surface area contributed by atoms with Crippen molar-refractivity contribution in [2.75, 3.05) is 21.3 Å². The number of halogens is 1. The summed E-state index contributed by atoms with van der Waals surface area (Å²) in [6, 6.07) is 13.4. The average molecular weight is 513 g/mol. The van der Waals surface area contributed by atoms with Gasteiger partial charge in [0.2, 0.25) is 0 Å². The van der Waals surface area contributed by atoms with Gasteiger partial charge in [-0.05, 0) is 54.2 Å². The van der Waals surface area contributed by atoms with Gasteiger partial charge in [-0.25, -0.2) is 4.57 Å². The molecule has 2 heterocycles. The summed E-state index contributed by atoms with van der Waals surface area (Å²) < 4.78 is 17.2. The summed E-state index contributed by atoms with van der Waals surface area (Å²) in [5.74, 6) is 0.716. The second-order valence-corrected chi connectivity index (χ2v) is 8.19. The van der Waals surface area contributed by atoms with E-state index in [2.05, 4.69) is 15.3 Å². The second kappa shape index (κ2) is 10.2. The lowest BCUT2D eigenvalue weighted by atomic mass is 10.1. The first-order chi connectivity index (χ1) is 16.9. The molecule has 4 aromatic rings. The molecule has 1 amide bonds. The number of ether oxygens (including phenoxy) is 3. The largest absolute Gasteiger partial charge is 0.496 e. The first kappa shape index (κ1) is 24.2. The highest BCUT2D eigenvalue weighted by Gasteiger charge is 2.18. The van der Waals surface area contributed by atoms with Gasteiger partial charge in [-0.1, -0.05) is 23.7 Å². The molecule has 0 atom stereocenters. The summed E-state index contributed by atoms with van der Waals surface area (Å²) in [4.78, 5) is 33.7. The Labute approximate surface area is 210 Å². The summed E-state index contributed by atoms with van der Waals surface area (Å²) in [7, 11) is 4.36. The zero-order valence-electron chi connectivity index (χ0n) is 19.0. The van der Waals surface area contributed by atoms with Gasteiger partial charge < -0.3 is 24.5 Å². The van der Waals surface area contributed by atoms with Crippen LogP contribution in [0.1, 0.15) is 15.9 Å². The van der Waals surface area contributed by atoms with Gasteiger partial charge in [-0.15, -0.1) is 0 Å². The van der Waals surface area contributed by atoms with E-state index >= 15 is 0 Å². The third kappa shape index (κ3) is 4.84. The minimum Gasteiger partial charge on any atom is -0.496 e. The van der Waals surface area contributed by atoms with Crippen molar-refractivity contribution in [2.24, 2.45) is 0 Å². The molecule has 0 fully saturated rings. The van der Waals surface area contributed by atoms with Crippen molar-refractivity contribution in [3.05, 3.63) is 79.8 Å². The van der Waals surface area contributed by atoms with E-state index < -0.39 is 5.56 Å². The van der Waals surface area contributed by atoms with Crippen LogP contribution >= 0.6 is 23.8 Å². The number of fused-ring (bicyclic) bond motifs is 1. The molecule has 0 aliphatic carbocycles. The Morgan fingerprint density at radius 2 is 1.86 bits per heavy atom. The van der Waals surface area contributed by atoms with E-state index in [1.165, 1.54) is 38.0 Å². The van der Waals surface area contributed by atoms with Crippen LogP contribution in [-0.4, -0.2) is 41.8 Å². The van der Waals surface area contributed by atoms with Crippen LogP contribution in [0.3, 0.4) is 0 Å². The number of methoxy groups -OCH3 is 3. The molecular weight excluding hydrogens is 492 g/mol. The van der Waals surface area contributed by atoms with Gasteiger partial charge >= 0.3 is 0 Å². The van der Waals surface area contributed by atoms with Gasteiger partial charge in [0.25, 0.3) is 17.3 Å². The van der Waals surface area contributed by atoms with E-state index in [4.69, 9.17) is 38.0 Å². The molecule has 0 bridgehead atoms. The summed E-state index contributed by atoms with van der Waals surface area (Å²) in [6.07, 6.45) is 0. The number of hydrogen-bond donors (Lipinski definition) is 2. The van der Waals surface area contributed by atoms with Crippen LogP contribution in [0.15, 0.2) is 53.3 Å². The number of aromatic nitrogens is 3. The third-order valence-electron chi connectivity index (χ3n) is 5.26. The minimum absolute atomic E-state index is 0.0951. The second-order valence-electron chi connectivity index (χ2n) is 7.36. The van der Waals surface area contributed by atoms with E-state index in [0.717, 1.165) is 5.56 Å². The van der Waals surface area contributed by atoms with E-state index in [0.29, 0.717) is 16.3 Å². The number of aromatic amines is 1. The van der Waals surface area contributed by atoms with Crippen molar-refractivity contribution in [1.29, 1.82) is 0 Å². The van der Waals surface area contributed by atoms with Crippen LogP contribution in [0.2, 0.25) is 5.02 Å². The SMILES string of the molecule is COc1cc2c(=O)n(-c3ccc(OC)c(OC)n3)c(=S)[nH]c2cc1C(=O)NCc1cccc(Cl)c1. The molecule has 4 rings (SSSR count). The number of H-pyrrole nitrogens is 1.